The lowest BCUT2D eigenvalue weighted by Gasteiger charge is -2.39. The summed E-state index contributed by atoms with van der Waals surface area (Å²) in [6.07, 6.45) is 0. The molecule has 1 saturated heterocycles. The van der Waals surface area contributed by atoms with Gasteiger partial charge in [0.05, 0.1) is 6.61 Å². The molecule has 4 rings (SSSR count). The van der Waals surface area contributed by atoms with Crippen molar-refractivity contribution < 1.29 is 23.4 Å². The van der Waals surface area contributed by atoms with Crippen LogP contribution in [0.4, 0.5) is 8.78 Å². The van der Waals surface area contributed by atoms with Crippen molar-refractivity contribution in [2.24, 2.45) is 0 Å². The van der Waals surface area contributed by atoms with Crippen LogP contribution in [-0.4, -0.2) is 48.2 Å². The Balaban J connectivity index is 1.49. The number of amides is 1. The van der Waals surface area contributed by atoms with Crippen LogP contribution in [0.3, 0.4) is 0 Å². The van der Waals surface area contributed by atoms with E-state index < -0.39 is 5.92 Å². The minimum Gasteiger partial charge on any atom is -0.457 e. The van der Waals surface area contributed by atoms with E-state index in [-0.39, 0.29) is 24.1 Å². The van der Waals surface area contributed by atoms with Gasteiger partial charge in [0, 0.05) is 49.1 Å². The Morgan fingerprint density at radius 2 is 1.90 bits per heavy atom. The maximum atomic E-state index is 13.4. The molecule has 0 atom stereocenters. The molecular formula is C24H24F2N2O3. The van der Waals surface area contributed by atoms with Crippen molar-refractivity contribution in [2.75, 3.05) is 26.2 Å². The topological polar surface area (TPSA) is 61.8 Å². The SMILES string of the molecule is CC(F)(F)c1ccc(Oc2cccc3cc(C(=O)N4CC(NCCO)C4)ccc23)cc1. The van der Waals surface area contributed by atoms with Crippen molar-refractivity contribution in [3.8, 4) is 11.5 Å². The molecule has 0 radical (unpaired) electrons. The van der Waals surface area contributed by atoms with Crippen LogP contribution in [-0.2, 0) is 5.92 Å². The molecule has 1 heterocycles. The van der Waals surface area contributed by atoms with Gasteiger partial charge in [-0.05, 0) is 53.9 Å². The van der Waals surface area contributed by atoms with Crippen molar-refractivity contribution >= 4 is 16.7 Å². The Morgan fingerprint density at radius 1 is 1.16 bits per heavy atom. The first-order valence-electron chi connectivity index (χ1n) is 10.2. The van der Waals surface area contributed by atoms with Crippen LogP contribution in [0.15, 0.2) is 60.7 Å². The monoisotopic (exact) mass is 426 g/mol. The Bertz CT molecular complexity index is 1070. The number of likely N-dealkylation sites (tertiary alicyclic amines) is 1. The summed E-state index contributed by atoms with van der Waals surface area (Å²) in [6.45, 7) is 2.70. The van der Waals surface area contributed by atoms with Gasteiger partial charge in [-0.15, -0.1) is 0 Å². The van der Waals surface area contributed by atoms with Crippen molar-refractivity contribution in [1.29, 1.82) is 0 Å². The van der Waals surface area contributed by atoms with E-state index in [1.807, 2.05) is 24.3 Å². The van der Waals surface area contributed by atoms with E-state index in [9.17, 15) is 13.6 Å². The first-order chi connectivity index (χ1) is 14.8. The van der Waals surface area contributed by atoms with Crippen LogP contribution >= 0.6 is 0 Å². The molecule has 3 aromatic rings. The van der Waals surface area contributed by atoms with E-state index in [1.165, 1.54) is 24.3 Å². The second kappa shape index (κ2) is 8.61. The molecule has 0 spiro atoms. The third-order valence-electron chi connectivity index (χ3n) is 5.39. The van der Waals surface area contributed by atoms with Gasteiger partial charge in [-0.2, -0.15) is 0 Å². The molecule has 162 valence electrons. The van der Waals surface area contributed by atoms with Crippen molar-refractivity contribution in [3.05, 3.63) is 71.8 Å². The molecule has 1 aliphatic rings. The fraction of sp³-hybridized carbons (Fsp3) is 0.292. The van der Waals surface area contributed by atoms with Gasteiger partial charge >= 0.3 is 0 Å². The maximum Gasteiger partial charge on any atom is 0.270 e. The molecular weight excluding hydrogens is 402 g/mol. The van der Waals surface area contributed by atoms with Crippen LogP contribution in [0.1, 0.15) is 22.8 Å². The second-order valence-electron chi connectivity index (χ2n) is 7.79. The van der Waals surface area contributed by atoms with Crippen molar-refractivity contribution in [2.45, 2.75) is 18.9 Å². The van der Waals surface area contributed by atoms with Crippen LogP contribution in [0, 0.1) is 0 Å². The molecule has 5 nitrogen and oxygen atoms in total. The minimum atomic E-state index is -2.90. The van der Waals surface area contributed by atoms with Gasteiger partial charge in [-0.1, -0.05) is 12.1 Å². The Hall–Kier alpha value is -3.03. The zero-order valence-electron chi connectivity index (χ0n) is 17.1. The molecule has 1 amide bonds. The highest BCUT2D eigenvalue weighted by molar-refractivity contribution is 6.00. The molecule has 0 unspecified atom stereocenters. The molecule has 0 aliphatic carbocycles. The summed E-state index contributed by atoms with van der Waals surface area (Å²) in [5, 5.41) is 13.7. The lowest BCUT2D eigenvalue weighted by Crippen LogP contribution is -2.60. The number of benzene rings is 3. The number of carbonyl (C=O) groups is 1. The first-order valence-corrected chi connectivity index (χ1v) is 10.2. The van der Waals surface area contributed by atoms with Gasteiger partial charge in [-0.25, -0.2) is 8.78 Å². The highest BCUT2D eigenvalue weighted by atomic mass is 19.3. The lowest BCUT2D eigenvalue weighted by atomic mass is 10.0. The number of nitrogens with one attached hydrogen (secondary N) is 1. The summed E-state index contributed by atoms with van der Waals surface area (Å²) in [5.74, 6) is -1.88. The van der Waals surface area contributed by atoms with E-state index in [0.717, 1.165) is 17.7 Å². The minimum absolute atomic E-state index is 0.0358. The van der Waals surface area contributed by atoms with E-state index in [1.54, 1.807) is 17.0 Å². The van der Waals surface area contributed by atoms with Crippen LogP contribution < -0.4 is 10.1 Å². The number of rotatable bonds is 7. The quantitative estimate of drug-likeness (QED) is 0.596. The predicted octanol–water partition coefficient (Wildman–Crippen LogP) is 4.15. The average Bonchev–Trinajstić information content (AvgIpc) is 2.72. The van der Waals surface area contributed by atoms with Crippen molar-refractivity contribution in [1.82, 2.24) is 10.2 Å². The first kappa shape index (κ1) is 21.2. The third-order valence-corrected chi connectivity index (χ3v) is 5.39. The normalized spacial score (nSPS) is 14.5. The molecule has 3 aromatic carbocycles. The van der Waals surface area contributed by atoms with Crippen LogP contribution in [0.5, 0.6) is 11.5 Å². The Kier molecular flexibility index (Phi) is 5.89. The highest BCUT2D eigenvalue weighted by Gasteiger charge is 2.30. The Morgan fingerprint density at radius 3 is 2.58 bits per heavy atom. The van der Waals surface area contributed by atoms with Crippen molar-refractivity contribution in [3.63, 3.8) is 0 Å². The number of nitrogens with zero attached hydrogens (tertiary/aromatic N) is 1. The summed E-state index contributed by atoms with van der Waals surface area (Å²) in [4.78, 5) is 14.5. The maximum absolute atomic E-state index is 13.4. The highest BCUT2D eigenvalue weighted by Crippen LogP contribution is 2.33. The number of fused-ring (bicyclic) bond motifs is 1. The largest absolute Gasteiger partial charge is 0.457 e. The Labute approximate surface area is 179 Å². The molecule has 1 fully saturated rings. The predicted molar refractivity (Wildman–Crippen MR) is 115 cm³/mol. The van der Waals surface area contributed by atoms with Crippen LogP contribution in [0.25, 0.3) is 10.8 Å². The molecule has 2 N–H and O–H groups in total. The zero-order chi connectivity index (χ0) is 22.0. The molecule has 0 bridgehead atoms. The molecule has 7 heteroatoms. The van der Waals surface area contributed by atoms with E-state index >= 15 is 0 Å². The zero-order valence-corrected chi connectivity index (χ0v) is 17.1. The fourth-order valence-electron chi connectivity index (χ4n) is 3.64. The van der Waals surface area contributed by atoms with Gasteiger partial charge in [0.25, 0.3) is 11.8 Å². The molecule has 0 aromatic heterocycles. The summed E-state index contributed by atoms with van der Waals surface area (Å²) in [5.41, 5.74) is 0.528. The van der Waals surface area contributed by atoms with E-state index in [4.69, 9.17) is 9.84 Å². The number of aliphatic hydroxyl groups is 1. The van der Waals surface area contributed by atoms with E-state index in [0.29, 0.717) is 36.7 Å². The van der Waals surface area contributed by atoms with Gasteiger partial charge in [0.1, 0.15) is 11.5 Å². The fourth-order valence-corrected chi connectivity index (χ4v) is 3.64. The number of hydrogen-bond acceptors (Lipinski definition) is 4. The number of ether oxygens (including phenoxy) is 1. The average molecular weight is 426 g/mol. The molecule has 1 aliphatic heterocycles. The number of carbonyl (C=O) groups excluding carboxylic acids is 1. The summed E-state index contributed by atoms with van der Waals surface area (Å²) >= 11 is 0. The summed E-state index contributed by atoms with van der Waals surface area (Å²) in [7, 11) is 0. The third kappa shape index (κ3) is 4.68. The number of hydrogen-bond donors (Lipinski definition) is 2. The van der Waals surface area contributed by atoms with Gasteiger partial charge in [0.2, 0.25) is 0 Å². The molecule has 0 saturated carbocycles. The second-order valence-corrected chi connectivity index (χ2v) is 7.79. The van der Waals surface area contributed by atoms with Gasteiger partial charge in [-0.3, -0.25) is 4.79 Å². The number of aliphatic hydroxyl groups excluding tert-OH is 1. The standard InChI is InChI=1S/C24H24F2N2O3/c1-24(25,26)18-6-8-20(9-7-18)31-22-4-2-3-16-13-17(5-10-21(16)22)23(30)28-14-19(15-28)27-11-12-29/h2-10,13,19,27,29H,11-12,14-15H2,1H3. The smallest absolute Gasteiger partial charge is 0.270 e. The number of alkyl halides is 2. The molecule has 31 heavy (non-hydrogen) atoms. The summed E-state index contributed by atoms with van der Waals surface area (Å²) in [6, 6.07) is 17.0. The van der Waals surface area contributed by atoms with Gasteiger partial charge in [0.15, 0.2) is 0 Å². The van der Waals surface area contributed by atoms with Gasteiger partial charge < -0.3 is 20.1 Å². The number of halogens is 2. The lowest BCUT2D eigenvalue weighted by molar-refractivity contribution is 0.0174. The van der Waals surface area contributed by atoms with Crippen LogP contribution in [0.2, 0.25) is 0 Å². The van der Waals surface area contributed by atoms with E-state index in [2.05, 4.69) is 5.32 Å². The summed E-state index contributed by atoms with van der Waals surface area (Å²) < 4.78 is 32.7.